The van der Waals surface area contributed by atoms with Crippen LogP contribution in [-0.2, 0) is 16.1 Å². The van der Waals surface area contributed by atoms with Gasteiger partial charge in [0.1, 0.15) is 11.8 Å². The summed E-state index contributed by atoms with van der Waals surface area (Å²) >= 11 is 0. The Kier molecular flexibility index (Phi) is 3.52. The molecule has 1 heterocycles. The number of ether oxygens (including phenoxy) is 2. The molecule has 0 amide bonds. The van der Waals surface area contributed by atoms with Crippen LogP contribution in [0.4, 0.5) is 11.4 Å². The van der Waals surface area contributed by atoms with Crippen LogP contribution in [0.25, 0.3) is 0 Å². The molecule has 3 N–H and O–H groups in total. The molecule has 0 spiro atoms. The molecular weight excluding hydrogens is 226 g/mol. The highest BCUT2D eigenvalue weighted by molar-refractivity contribution is 5.65. The van der Waals surface area contributed by atoms with E-state index in [1.807, 2.05) is 0 Å². The van der Waals surface area contributed by atoms with E-state index in [9.17, 15) is 10.1 Å². The zero-order valence-corrected chi connectivity index (χ0v) is 9.09. The smallest absolute Gasteiger partial charge is 0.294 e. The van der Waals surface area contributed by atoms with Crippen LogP contribution in [0.3, 0.4) is 0 Å². The number of nitro groups is 1. The number of nitrogens with zero attached hydrogens (tertiary/aromatic N) is 1. The van der Waals surface area contributed by atoms with Gasteiger partial charge in [-0.1, -0.05) is 12.1 Å². The van der Waals surface area contributed by atoms with Gasteiger partial charge in [-0.2, -0.15) is 0 Å². The van der Waals surface area contributed by atoms with Gasteiger partial charge in [-0.25, -0.2) is 0 Å². The van der Waals surface area contributed by atoms with Crippen molar-refractivity contribution in [1.82, 2.24) is 0 Å². The van der Waals surface area contributed by atoms with Gasteiger partial charge in [-0.15, -0.1) is 0 Å². The van der Waals surface area contributed by atoms with Gasteiger partial charge < -0.3 is 14.9 Å². The van der Waals surface area contributed by atoms with Gasteiger partial charge in [0.15, 0.2) is 0 Å². The number of nitro benzene ring substituents is 1. The molecule has 7 heteroatoms. The van der Waals surface area contributed by atoms with E-state index in [1.165, 1.54) is 6.07 Å². The standard InChI is InChI=1S/C10H13N3O4/c11-12-10-7(4-17-8-5-16-6-8)2-1-3-9(10)13(14)15/h1-3,8,12H,4-6,11H2. The summed E-state index contributed by atoms with van der Waals surface area (Å²) in [6.07, 6.45) is 0.0693. The summed E-state index contributed by atoms with van der Waals surface area (Å²) < 4.78 is 10.5. The number of hydrogen-bond acceptors (Lipinski definition) is 6. The molecular formula is C10H13N3O4. The molecule has 0 aliphatic carbocycles. The lowest BCUT2D eigenvalue weighted by atomic mass is 10.1. The van der Waals surface area contributed by atoms with E-state index >= 15 is 0 Å². The Morgan fingerprint density at radius 3 is 2.88 bits per heavy atom. The molecule has 1 saturated heterocycles. The molecule has 0 bridgehead atoms. The van der Waals surface area contributed by atoms with Crippen molar-refractivity contribution in [2.24, 2.45) is 5.84 Å². The Balaban J connectivity index is 2.13. The van der Waals surface area contributed by atoms with Crippen LogP contribution in [-0.4, -0.2) is 24.2 Å². The highest BCUT2D eigenvalue weighted by atomic mass is 16.6. The Labute approximate surface area is 97.6 Å². The minimum Gasteiger partial charge on any atom is -0.376 e. The van der Waals surface area contributed by atoms with Gasteiger partial charge in [-0.05, 0) is 0 Å². The third-order valence-electron chi connectivity index (χ3n) is 2.55. The summed E-state index contributed by atoms with van der Waals surface area (Å²) in [4.78, 5) is 10.3. The van der Waals surface area contributed by atoms with Gasteiger partial charge >= 0.3 is 0 Å². The predicted octanol–water partition coefficient (Wildman–Crippen LogP) is 0.796. The van der Waals surface area contributed by atoms with E-state index in [0.717, 1.165) is 0 Å². The summed E-state index contributed by atoms with van der Waals surface area (Å²) in [5, 5.41) is 10.8. The molecule has 7 nitrogen and oxygen atoms in total. The fourth-order valence-electron chi connectivity index (χ4n) is 1.54. The number of nitrogens with two attached hydrogens (primary N) is 1. The zero-order valence-electron chi connectivity index (χ0n) is 9.09. The number of nitrogens with one attached hydrogen (secondary N) is 1. The van der Waals surface area contributed by atoms with Crippen LogP contribution in [0.2, 0.25) is 0 Å². The average molecular weight is 239 g/mol. The van der Waals surface area contributed by atoms with E-state index < -0.39 is 4.92 Å². The molecule has 0 atom stereocenters. The van der Waals surface area contributed by atoms with Crippen LogP contribution in [0.1, 0.15) is 5.56 Å². The van der Waals surface area contributed by atoms with Crippen LogP contribution in [0.5, 0.6) is 0 Å². The largest absolute Gasteiger partial charge is 0.376 e. The third-order valence-corrected chi connectivity index (χ3v) is 2.55. The fourth-order valence-corrected chi connectivity index (χ4v) is 1.54. The first-order chi connectivity index (χ1) is 8.22. The highest BCUT2D eigenvalue weighted by Gasteiger charge is 2.21. The van der Waals surface area contributed by atoms with Crippen LogP contribution in [0, 0.1) is 10.1 Å². The lowest BCUT2D eigenvalue weighted by molar-refractivity contribution is -0.384. The van der Waals surface area contributed by atoms with Gasteiger partial charge in [0.05, 0.1) is 24.7 Å². The van der Waals surface area contributed by atoms with Crippen molar-refractivity contribution < 1.29 is 14.4 Å². The molecule has 1 aromatic rings. The minimum atomic E-state index is -0.481. The molecule has 0 saturated carbocycles. The van der Waals surface area contributed by atoms with Crippen molar-refractivity contribution >= 4 is 11.4 Å². The second kappa shape index (κ2) is 5.09. The summed E-state index contributed by atoms with van der Waals surface area (Å²) in [5.74, 6) is 5.31. The Morgan fingerprint density at radius 2 is 2.35 bits per heavy atom. The Morgan fingerprint density at radius 1 is 1.59 bits per heavy atom. The van der Waals surface area contributed by atoms with Gasteiger partial charge in [0, 0.05) is 11.6 Å². The first-order valence-electron chi connectivity index (χ1n) is 5.14. The molecule has 0 aromatic heterocycles. The number of nitrogen functional groups attached to an aromatic ring is 1. The lowest BCUT2D eigenvalue weighted by Gasteiger charge is -2.26. The van der Waals surface area contributed by atoms with E-state index in [4.69, 9.17) is 15.3 Å². The molecule has 0 radical (unpaired) electrons. The second-order valence-electron chi connectivity index (χ2n) is 3.68. The maximum Gasteiger partial charge on any atom is 0.294 e. The molecule has 1 aliphatic heterocycles. The van der Waals surface area contributed by atoms with E-state index in [-0.39, 0.29) is 24.1 Å². The Bertz CT molecular complexity index is 420. The van der Waals surface area contributed by atoms with E-state index in [0.29, 0.717) is 18.8 Å². The number of para-hydroxylation sites is 1. The molecule has 1 aromatic carbocycles. The molecule has 2 rings (SSSR count). The van der Waals surface area contributed by atoms with Crippen molar-refractivity contribution in [3.8, 4) is 0 Å². The summed E-state index contributed by atoms with van der Waals surface area (Å²) in [7, 11) is 0. The molecule has 17 heavy (non-hydrogen) atoms. The average Bonchev–Trinajstić information content (AvgIpc) is 2.26. The quantitative estimate of drug-likeness (QED) is 0.448. The summed E-state index contributed by atoms with van der Waals surface area (Å²) in [5.41, 5.74) is 3.25. The first kappa shape index (κ1) is 11.8. The van der Waals surface area contributed by atoms with Crippen LogP contribution < -0.4 is 11.3 Å². The lowest BCUT2D eigenvalue weighted by Crippen LogP contribution is -2.35. The van der Waals surface area contributed by atoms with Crippen LogP contribution >= 0.6 is 0 Å². The highest BCUT2D eigenvalue weighted by Crippen LogP contribution is 2.28. The number of hydrogen-bond donors (Lipinski definition) is 2. The van der Waals surface area contributed by atoms with Gasteiger partial charge in [0.2, 0.25) is 0 Å². The fraction of sp³-hybridized carbons (Fsp3) is 0.400. The number of rotatable bonds is 5. The SMILES string of the molecule is NNc1c(COC2COC2)cccc1[N+](=O)[O-]. The zero-order chi connectivity index (χ0) is 12.3. The monoisotopic (exact) mass is 239 g/mol. The first-order valence-corrected chi connectivity index (χ1v) is 5.14. The molecule has 1 aliphatic rings. The number of anilines is 1. The van der Waals surface area contributed by atoms with Crippen molar-refractivity contribution in [3.63, 3.8) is 0 Å². The summed E-state index contributed by atoms with van der Waals surface area (Å²) in [6, 6.07) is 4.74. The van der Waals surface area contributed by atoms with E-state index in [1.54, 1.807) is 12.1 Å². The molecule has 1 fully saturated rings. The Hall–Kier alpha value is -1.70. The second-order valence-corrected chi connectivity index (χ2v) is 3.68. The predicted molar refractivity (Wildman–Crippen MR) is 60.3 cm³/mol. The van der Waals surface area contributed by atoms with Gasteiger partial charge in [-0.3, -0.25) is 16.0 Å². The van der Waals surface area contributed by atoms with Crippen molar-refractivity contribution in [1.29, 1.82) is 0 Å². The number of hydrazine groups is 1. The van der Waals surface area contributed by atoms with E-state index in [2.05, 4.69) is 5.43 Å². The van der Waals surface area contributed by atoms with Gasteiger partial charge in [0.25, 0.3) is 5.69 Å². The van der Waals surface area contributed by atoms with Crippen LogP contribution in [0.15, 0.2) is 18.2 Å². The van der Waals surface area contributed by atoms with Crippen molar-refractivity contribution in [2.75, 3.05) is 18.6 Å². The summed E-state index contributed by atoms with van der Waals surface area (Å²) in [6.45, 7) is 1.41. The maximum absolute atomic E-state index is 10.8. The molecule has 92 valence electrons. The number of benzene rings is 1. The normalized spacial score (nSPS) is 15.4. The topological polar surface area (TPSA) is 99.7 Å². The molecule has 0 unspecified atom stereocenters. The van der Waals surface area contributed by atoms with Crippen molar-refractivity contribution in [3.05, 3.63) is 33.9 Å². The van der Waals surface area contributed by atoms with Crippen molar-refractivity contribution in [2.45, 2.75) is 12.7 Å². The maximum atomic E-state index is 10.8. The minimum absolute atomic E-state index is 0.0570. The third kappa shape index (κ3) is 2.52.